The lowest BCUT2D eigenvalue weighted by molar-refractivity contribution is -0.126. The third kappa shape index (κ3) is 4.17. The summed E-state index contributed by atoms with van der Waals surface area (Å²) >= 11 is 1.57. The van der Waals surface area contributed by atoms with Crippen LogP contribution in [0.2, 0.25) is 0 Å². The Bertz CT molecular complexity index is 1410. The van der Waals surface area contributed by atoms with Gasteiger partial charge in [0.05, 0.1) is 11.4 Å². The minimum atomic E-state index is -1.16. The van der Waals surface area contributed by atoms with E-state index in [4.69, 9.17) is 5.10 Å². The molecule has 3 heterocycles. The number of anilines is 1. The lowest BCUT2D eigenvalue weighted by atomic mass is 9.93. The largest absolute Gasteiger partial charge is 0.350 e. The highest BCUT2D eigenvalue weighted by molar-refractivity contribution is 7.13. The molecule has 0 unspecified atom stereocenters. The van der Waals surface area contributed by atoms with Gasteiger partial charge in [0.15, 0.2) is 0 Å². The minimum Gasteiger partial charge on any atom is -0.350 e. The molecule has 2 aromatic heterocycles. The Labute approximate surface area is 209 Å². The summed E-state index contributed by atoms with van der Waals surface area (Å²) in [5.41, 5.74) is 5.14. The fraction of sp³-hybridized carbons (Fsp3) is 0.250. The summed E-state index contributed by atoms with van der Waals surface area (Å²) in [5, 5.41) is 9.76. The zero-order valence-electron chi connectivity index (χ0n) is 20.3. The van der Waals surface area contributed by atoms with Crippen molar-refractivity contribution in [1.29, 1.82) is 0 Å². The predicted octanol–water partition coefficient (Wildman–Crippen LogP) is 5.27. The van der Waals surface area contributed by atoms with Crippen LogP contribution in [0.1, 0.15) is 39.7 Å². The first kappa shape index (κ1) is 23.1. The highest BCUT2D eigenvalue weighted by Gasteiger charge is 2.49. The normalized spacial score (nSPS) is 17.4. The first-order valence-electron chi connectivity index (χ1n) is 11.6. The van der Waals surface area contributed by atoms with Crippen molar-refractivity contribution in [1.82, 2.24) is 15.1 Å². The van der Waals surface area contributed by atoms with Crippen molar-refractivity contribution in [3.8, 4) is 10.6 Å². The van der Waals surface area contributed by atoms with Gasteiger partial charge in [-0.3, -0.25) is 19.2 Å². The zero-order valence-corrected chi connectivity index (χ0v) is 21.1. The van der Waals surface area contributed by atoms with Gasteiger partial charge in [0.25, 0.3) is 5.91 Å². The molecule has 0 saturated carbocycles. The number of hydrogen-bond acceptors (Lipinski definition) is 4. The van der Waals surface area contributed by atoms with Gasteiger partial charge in [-0.1, -0.05) is 42.0 Å². The van der Waals surface area contributed by atoms with Crippen LogP contribution >= 0.6 is 11.3 Å². The molecule has 0 aliphatic carbocycles. The molecule has 1 aliphatic rings. The van der Waals surface area contributed by atoms with Gasteiger partial charge in [-0.25, -0.2) is 0 Å². The number of rotatable bonds is 5. The van der Waals surface area contributed by atoms with Gasteiger partial charge in [-0.05, 0) is 74.0 Å². The quantitative estimate of drug-likeness (QED) is 0.420. The number of hydrogen-bond donors (Lipinski definition) is 1. The summed E-state index contributed by atoms with van der Waals surface area (Å²) < 4.78 is 1.68. The van der Waals surface area contributed by atoms with Crippen LogP contribution in [0, 0.1) is 20.8 Å². The van der Waals surface area contributed by atoms with Crippen molar-refractivity contribution in [2.45, 2.75) is 46.3 Å². The molecule has 35 heavy (non-hydrogen) atoms. The molecule has 0 bridgehead atoms. The molecule has 0 radical (unpaired) electrons. The van der Waals surface area contributed by atoms with Crippen molar-refractivity contribution >= 4 is 28.8 Å². The number of fused-ring (bicyclic) bond motifs is 1. The summed E-state index contributed by atoms with van der Waals surface area (Å²) in [6.07, 6.45) is 0. The number of carbonyl (C=O) groups excluding carboxylic acids is 2. The lowest BCUT2D eigenvalue weighted by Crippen LogP contribution is -2.64. The number of carbonyl (C=O) groups is 2. The van der Waals surface area contributed by atoms with E-state index in [0.717, 1.165) is 27.3 Å². The Morgan fingerprint density at radius 2 is 1.83 bits per heavy atom. The molecule has 2 aromatic carbocycles. The van der Waals surface area contributed by atoms with Crippen molar-refractivity contribution in [2.75, 3.05) is 4.90 Å². The average molecular weight is 485 g/mol. The maximum atomic E-state index is 13.9. The van der Waals surface area contributed by atoms with E-state index in [0.29, 0.717) is 17.9 Å². The van der Waals surface area contributed by atoms with E-state index < -0.39 is 5.54 Å². The average Bonchev–Trinajstić information content (AvgIpc) is 3.51. The maximum Gasteiger partial charge on any atom is 0.277 e. The molecule has 1 N–H and O–H groups in total. The second kappa shape index (κ2) is 8.82. The summed E-state index contributed by atoms with van der Waals surface area (Å²) in [6.45, 7) is 8.54. The van der Waals surface area contributed by atoms with Crippen molar-refractivity contribution in [3.63, 3.8) is 0 Å². The lowest BCUT2D eigenvalue weighted by Gasteiger charge is -2.43. The van der Waals surface area contributed by atoms with Crippen LogP contribution in [-0.2, 0) is 17.9 Å². The maximum absolute atomic E-state index is 13.9. The second-order valence-electron chi connectivity index (χ2n) is 9.40. The van der Waals surface area contributed by atoms with E-state index >= 15 is 0 Å². The SMILES string of the molecule is Cc1ccc(CNC(=O)[C@]2(C)Cn3nc(-c4cccs4)cc3C(=O)N2c2ccc(C)c(C)c2)cc1. The van der Waals surface area contributed by atoms with Gasteiger partial charge in [-0.15, -0.1) is 11.3 Å². The van der Waals surface area contributed by atoms with Gasteiger partial charge in [0, 0.05) is 12.2 Å². The Kier molecular flexibility index (Phi) is 5.81. The van der Waals surface area contributed by atoms with Crippen LogP contribution in [0.4, 0.5) is 5.69 Å². The molecule has 4 aromatic rings. The summed E-state index contributed by atoms with van der Waals surface area (Å²) in [7, 11) is 0. The first-order chi connectivity index (χ1) is 16.8. The third-order valence-corrected chi connectivity index (χ3v) is 7.63. The number of nitrogens with one attached hydrogen (secondary N) is 1. The molecule has 7 heteroatoms. The second-order valence-corrected chi connectivity index (χ2v) is 10.3. The van der Waals surface area contributed by atoms with E-state index in [1.807, 2.05) is 93.7 Å². The van der Waals surface area contributed by atoms with E-state index in [1.54, 1.807) is 20.9 Å². The minimum absolute atomic E-state index is 0.219. The fourth-order valence-corrected chi connectivity index (χ4v) is 5.16. The molecule has 6 nitrogen and oxygen atoms in total. The fourth-order valence-electron chi connectivity index (χ4n) is 4.47. The van der Waals surface area contributed by atoms with Gasteiger partial charge >= 0.3 is 0 Å². The van der Waals surface area contributed by atoms with Crippen LogP contribution in [0.25, 0.3) is 10.6 Å². The number of thiophene rings is 1. The molecule has 5 rings (SSSR count). The number of amides is 2. The Balaban J connectivity index is 1.54. The van der Waals surface area contributed by atoms with E-state index in [-0.39, 0.29) is 18.4 Å². The molecular weight excluding hydrogens is 456 g/mol. The predicted molar refractivity (Wildman–Crippen MR) is 140 cm³/mol. The topological polar surface area (TPSA) is 67.2 Å². The summed E-state index contributed by atoms with van der Waals surface area (Å²) in [5.74, 6) is -0.453. The summed E-state index contributed by atoms with van der Waals surface area (Å²) in [6, 6.07) is 19.7. The van der Waals surface area contributed by atoms with Gasteiger partial charge in [0.1, 0.15) is 16.9 Å². The van der Waals surface area contributed by atoms with Crippen molar-refractivity contribution < 1.29 is 9.59 Å². The summed E-state index contributed by atoms with van der Waals surface area (Å²) in [4.78, 5) is 30.3. The van der Waals surface area contributed by atoms with Gasteiger partial charge in [-0.2, -0.15) is 5.10 Å². The van der Waals surface area contributed by atoms with Gasteiger partial charge in [0.2, 0.25) is 5.91 Å². The van der Waals surface area contributed by atoms with Crippen LogP contribution in [0.3, 0.4) is 0 Å². The molecule has 1 atom stereocenters. The number of nitrogens with zero attached hydrogens (tertiary/aromatic N) is 3. The molecule has 0 saturated heterocycles. The highest BCUT2D eigenvalue weighted by atomic mass is 32.1. The Morgan fingerprint density at radius 3 is 2.51 bits per heavy atom. The van der Waals surface area contributed by atoms with Crippen LogP contribution in [-0.4, -0.2) is 27.1 Å². The molecule has 1 aliphatic heterocycles. The van der Waals surface area contributed by atoms with E-state index in [2.05, 4.69) is 5.32 Å². The van der Waals surface area contributed by atoms with Gasteiger partial charge < -0.3 is 5.32 Å². The zero-order chi connectivity index (χ0) is 24.7. The Morgan fingerprint density at radius 1 is 1.06 bits per heavy atom. The standard InChI is InChI=1S/C28H28N4O2S/c1-18-7-10-21(11-8-18)16-29-27(34)28(4)17-31-24(15-23(30-31)25-6-5-13-35-25)26(33)32(28)22-12-9-19(2)20(3)14-22/h5-15H,16-17H2,1-4H3,(H,29,34)/t28-/m0/s1. The highest BCUT2D eigenvalue weighted by Crippen LogP contribution is 2.35. The smallest absolute Gasteiger partial charge is 0.277 e. The van der Waals surface area contributed by atoms with E-state index in [9.17, 15) is 9.59 Å². The number of benzene rings is 2. The molecule has 0 fully saturated rings. The third-order valence-electron chi connectivity index (χ3n) is 6.74. The monoisotopic (exact) mass is 484 g/mol. The molecule has 2 amide bonds. The molecular formula is C28H28N4O2S. The molecule has 178 valence electrons. The number of aromatic nitrogens is 2. The van der Waals surface area contributed by atoms with Crippen LogP contribution in [0.15, 0.2) is 66.0 Å². The van der Waals surface area contributed by atoms with Crippen molar-refractivity contribution in [2.24, 2.45) is 0 Å². The van der Waals surface area contributed by atoms with E-state index in [1.165, 1.54) is 5.56 Å². The number of aryl methyl sites for hydroxylation is 3. The van der Waals surface area contributed by atoms with Crippen LogP contribution in [0.5, 0.6) is 0 Å². The molecule has 0 spiro atoms. The Hall–Kier alpha value is -3.71. The first-order valence-corrected chi connectivity index (χ1v) is 12.5. The van der Waals surface area contributed by atoms with Crippen molar-refractivity contribution in [3.05, 3.63) is 94.0 Å². The van der Waals surface area contributed by atoms with Crippen LogP contribution < -0.4 is 10.2 Å².